The van der Waals surface area contributed by atoms with E-state index in [0.717, 1.165) is 32.5 Å². The molecule has 1 fully saturated rings. The van der Waals surface area contributed by atoms with Crippen molar-refractivity contribution in [3.8, 4) is 11.5 Å². The van der Waals surface area contributed by atoms with E-state index in [4.69, 9.17) is 9.47 Å². The van der Waals surface area contributed by atoms with Crippen molar-refractivity contribution in [3.63, 3.8) is 0 Å². The van der Waals surface area contributed by atoms with Crippen molar-refractivity contribution in [2.24, 2.45) is 0 Å². The Morgan fingerprint density at radius 3 is 2.83 bits per heavy atom. The number of hydrogen-bond acceptors (Lipinski definition) is 4. The molecule has 0 radical (unpaired) electrons. The molecule has 1 aromatic rings. The van der Waals surface area contributed by atoms with Gasteiger partial charge >= 0.3 is 0 Å². The summed E-state index contributed by atoms with van der Waals surface area (Å²) in [5, 5.41) is 3.29. The largest absolute Gasteiger partial charge is 0.493 e. The molecule has 2 rings (SSSR count). The Hall–Kier alpha value is -1.46. The van der Waals surface area contributed by atoms with E-state index in [1.54, 1.807) is 13.2 Å². The third-order valence-corrected chi connectivity index (χ3v) is 3.93. The average molecular weight is 343 g/mol. The highest BCUT2D eigenvalue weighted by atomic mass is 35.5. The molecule has 1 aliphatic rings. The first-order valence-electron chi connectivity index (χ1n) is 8.00. The Morgan fingerprint density at radius 2 is 2.17 bits per heavy atom. The summed E-state index contributed by atoms with van der Waals surface area (Å²) in [7, 11) is 1.60. The second-order valence-electron chi connectivity index (χ2n) is 5.62. The molecule has 1 N–H and O–H groups in total. The molecule has 1 heterocycles. The number of rotatable bonds is 6. The third-order valence-electron chi connectivity index (χ3n) is 3.93. The molecular weight excluding hydrogens is 316 g/mol. The van der Waals surface area contributed by atoms with Gasteiger partial charge in [-0.3, -0.25) is 4.79 Å². The molecule has 1 aromatic carbocycles. The van der Waals surface area contributed by atoms with Crippen LogP contribution in [0, 0.1) is 0 Å². The fourth-order valence-corrected chi connectivity index (χ4v) is 2.55. The average Bonchev–Trinajstić information content (AvgIpc) is 2.55. The van der Waals surface area contributed by atoms with Crippen molar-refractivity contribution in [1.82, 2.24) is 10.2 Å². The van der Waals surface area contributed by atoms with Crippen molar-refractivity contribution in [1.29, 1.82) is 0 Å². The highest BCUT2D eigenvalue weighted by molar-refractivity contribution is 5.95. The maximum atomic E-state index is 12.7. The molecule has 5 nitrogen and oxygen atoms in total. The second-order valence-corrected chi connectivity index (χ2v) is 5.62. The predicted octanol–water partition coefficient (Wildman–Crippen LogP) is 2.73. The Bertz CT molecular complexity index is 511. The first-order valence-corrected chi connectivity index (χ1v) is 8.00. The minimum atomic E-state index is 0. The van der Waals surface area contributed by atoms with Gasteiger partial charge in [0.25, 0.3) is 5.91 Å². The smallest absolute Gasteiger partial charge is 0.254 e. The summed E-state index contributed by atoms with van der Waals surface area (Å²) in [5.74, 6) is 1.36. The summed E-state index contributed by atoms with van der Waals surface area (Å²) in [6.45, 7) is 7.25. The highest BCUT2D eigenvalue weighted by Gasteiger charge is 2.24. The molecule has 1 aliphatic heterocycles. The number of nitrogens with zero attached hydrogens (tertiary/aromatic N) is 1. The number of carbonyl (C=O) groups excluding carboxylic acids is 1. The van der Waals surface area contributed by atoms with E-state index >= 15 is 0 Å². The van der Waals surface area contributed by atoms with Crippen LogP contribution in [0.1, 0.15) is 37.0 Å². The zero-order valence-corrected chi connectivity index (χ0v) is 14.9. The van der Waals surface area contributed by atoms with Crippen LogP contribution in [-0.4, -0.2) is 50.2 Å². The fourth-order valence-electron chi connectivity index (χ4n) is 2.55. The van der Waals surface area contributed by atoms with Crippen LogP contribution in [0.4, 0.5) is 0 Å². The quantitative estimate of drug-likeness (QED) is 0.808. The van der Waals surface area contributed by atoms with Crippen molar-refractivity contribution in [3.05, 3.63) is 23.8 Å². The third kappa shape index (κ3) is 5.01. The maximum absolute atomic E-state index is 12.7. The summed E-state index contributed by atoms with van der Waals surface area (Å²) in [5.41, 5.74) is 0.647. The van der Waals surface area contributed by atoms with Gasteiger partial charge in [0.2, 0.25) is 0 Å². The van der Waals surface area contributed by atoms with E-state index in [-0.39, 0.29) is 24.4 Å². The number of carbonyl (C=O) groups is 1. The first-order chi connectivity index (χ1) is 10.7. The molecule has 0 saturated carbocycles. The monoisotopic (exact) mass is 342 g/mol. The van der Waals surface area contributed by atoms with Gasteiger partial charge in [0, 0.05) is 31.2 Å². The summed E-state index contributed by atoms with van der Waals surface area (Å²) in [4.78, 5) is 14.6. The number of nitrogens with one attached hydrogen (secondary N) is 1. The molecule has 1 unspecified atom stereocenters. The normalized spacial score (nSPS) is 17.3. The highest BCUT2D eigenvalue weighted by Crippen LogP contribution is 2.29. The molecule has 23 heavy (non-hydrogen) atoms. The summed E-state index contributed by atoms with van der Waals surface area (Å²) in [6.07, 6.45) is 2.09. The van der Waals surface area contributed by atoms with E-state index < -0.39 is 0 Å². The number of amides is 1. The molecule has 0 aromatic heterocycles. The maximum Gasteiger partial charge on any atom is 0.254 e. The lowest BCUT2D eigenvalue weighted by Gasteiger charge is -2.34. The number of benzene rings is 1. The zero-order valence-electron chi connectivity index (χ0n) is 14.1. The van der Waals surface area contributed by atoms with Crippen LogP contribution >= 0.6 is 12.4 Å². The first kappa shape index (κ1) is 19.6. The second kappa shape index (κ2) is 9.63. The van der Waals surface area contributed by atoms with Crippen molar-refractivity contribution >= 4 is 18.3 Å². The topological polar surface area (TPSA) is 50.8 Å². The Labute approximate surface area is 144 Å². The molecule has 0 bridgehead atoms. The van der Waals surface area contributed by atoms with Crippen LogP contribution in [0.5, 0.6) is 11.5 Å². The number of halogens is 1. The van der Waals surface area contributed by atoms with E-state index in [0.29, 0.717) is 23.7 Å². The van der Waals surface area contributed by atoms with Crippen LogP contribution in [0.15, 0.2) is 18.2 Å². The van der Waals surface area contributed by atoms with Gasteiger partial charge in [-0.05, 0) is 31.5 Å². The Kier molecular flexibility index (Phi) is 8.20. The summed E-state index contributed by atoms with van der Waals surface area (Å²) < 4.78 is 11.1. The molecule has 6 heteroatoms. The summed E-state index contributed by atoms with van der Waals surface area (Å²) >= 11 is 0. The van der Waals surface area contributed by atoms with Gasteiger partial charge in [0.05, 0.1) is 13.7 Å². The van der Waals surface area contributed by atoms with Gasteiger partial charge in [-0.15, -0.1) is 12.4 Å². The van der Waals surface area contributed by atoms with Gasteiger partial charge in [0.15, 0.2) is 11.5 Å². The predicted molar refractivity (Wildman–Crippen MR) is 94.0 cm³/mol. The number of piperazine rings is 1. The SMILES string of the molecule is CCCCOc1ccc(C(=O)N2CCNCC2C)cc1OC.Cl. The van der Waals surface area contributed by atoms with Crippen molar-refractivity contribution in [2.45, 2.75) is 32.7 Å². The van der Waals surface area contributed by atoms with Gasteiger partial charge in [-0.2, -0.15) is 0 Å². The minimum absolute atomic E-state index is 0. The lowest BCUT2D eigenvalue weighted by molar-refractivity contribution is 0.0655. The van der Waals surface area contributed by atoms with E-state index in [1.165, 1.54) is 0 Å². The van der Waals surface area contributed by atoms with Crippen LogP contribution in [0.3, 0.4) is 0 Å². The van der Waals surface area contributed by atoms with Gasteiger partial charge in [-0.1, -0.05) is 13.3 Å². The number of ether oxygens (including phenoxy) is 2. The Balaban J connectivity index is 0.00000264. The molecule has 0 aliphatic carbocycles. The number of hydrogen-bond donors (Lipinski definition) is 1. The Morgan fingerprint density at radius 1 is 1.39 bits per heavy atom. The van der Waals surface area contributed by atoms with Crippen LogP contribution < -0.4 is 14.8 Å². The summed E-state index contributed by atoms with van der Waals surface area (Å²) in [6, 6.07) is 5.63. The van der Waals surface area contributed by atoms with Crippen LogP contribution in [-0.2, 0) is 0 Å². The van der Waals surface area contributed by atoms with Crippen molar-refractivity contribution < 1.29 is 14.3 Å². The fraction of sp³-hybridized carbons (Fsp3) is 0.588. The molecule has 0 spiro atoms. The standard InChI is InChI=1S/C17H26N2O3.ClH/c1-4-5-10-22-15-7-6-14(11-16(15)21-3)17(20)19-9-8-18-12-13(19)2;/h6-7,11,13,18H,4-5,8-10,12H2,1-3H3;1H. The van der Waals surface area contributed by atoms with Crippen LogP contribution in [0.2, 0.25) is 0 Å². The zero-order chi connectivity index (χ0) is 15.9. The van der Waals surface area contributed by atoms with E-state index in [9.17, 15) is 4.79 Å². The van der Waals surface area contributed by atoms with Gasteiger partial charge in [-0.25, -0.2) is 0 Å². The molecular formula is C17H27ClN2O3. The van der Waals surface area contributed by atoms with Gasteiger partial charge in [0.1, 0.15) is 0 Å². The lowest BCUT2D eigenvalue weighted by atomic mass is 10.1. The lowest BCUT2D eigenvalue weighted by Crippen LogP contribution is -2.52. The molecule has 130 valence electrons. The molecule has 1 saturated heterocycles. The van der Waals surface area contributed by atoms with Gasteiger partial charge < -0.3 is 19.7 Å². The van der Waals surface area contributed by atoms with Crippen molar-refractivity contribution in [2.75, 3.05) is 33.4 Å². The number of methoxy groups -OCH3 is 1. The minimum Gasteiger partial charge on any atom is -0.493 e. The molecule has 1 amide bonds. The molecule has 1 atom stereocenters. The van der Waals surface area contributed by atoms with Crippen LogP contribution in [0.25, 0.3) is 0 Å². The van der Waals surface area contributed by atoms with E-state index in [2.05, 4.69) is 19.2 Å². The number of unbranched alkanes of at least 4 members (excludes halogenated alkanes) is 1. The van der Waals surface area contributed by atoms with E-state index in [1.807, 2.05) is 17.0 Å².